The number of hydrogen-bond acceptors (Lipinski definition) is 2. The van der Waals surface area contributed by atoms with Crippen molar-refractivity contribution < 1.29 is 4.79 Å². The summed E-state index contributed by atoms with van der Waals surface area (Å²) in [5.41, 5.74) is 8.30. The first kappa shape index (κ1) is 19.0. The van der Waals surface area contributed by atoms with Crippen LogP contribution in [0.3, 0.4) is 0 Å². The average molecular weight is 325 g/mol. The zero-order valence-corrected chi connectivity index (χ0v) is 14.7. The van der Waals surface area contributed by atoms with Gasteiger partial charge in [-0.25, -0.2) is 0 Å². The molecule has 4 heteroatoms. The predicted octanol–water partition coefficient (Wildman–Crippen LogP) is 3.61. The van der Waals surface area contributed by atoms with Crippen LogP contribution in [-0.2, 0) is 11.2 Å². The molecule has 0 heterocycles. The molecule has 0 radical (unpaired) electrons. The van der Waals surface area contributed by atoms with Gasteiger partial charge in [0, 0.05) is 12.5 Å². The second-order valence-corrected chi connectivity index (χ2v) is 6.90. The maximum Gasteiger partial charge on any atom is 0.222 e. The van der Waals surface area contributed by atoms with Crippen molar-refractivity contribution in [3.05, 3.63) is 35.4 Å². The summed E-state index contributed by atoms with van der Waals surface area (Å²) in [4.78, 5) is 12.0. The summed E-state index contributed by atoms with van der Waals surface area (Å²) >= 11 is 0. The minimum absolute atomic E-state index is 0. The molecule has 1 aliphatic rings. The molecule has 1 fully saturated rings. The van der Waals surface area contributed by atoms with E-state index in [4.69, 9.17) is 5.73 Å². The van der Waals surface area contributed by atoms with E-state index in [2.05, 4.69) is 43.4 Å². The van der Waals surface area contributed by atoms with Crippen molar-refractivity contribution in [3.63, 3.8) is 0 Å². The Labute approximate surface area is 140 Å². The molecule has 1 aromatic rings. The topological polar surface area (TPSA) is 55.1 Å². The molecule has 1 aliphatic carbocycles. The highest BCUT2D eigenvalue weighted by Crippen LogP contribution is 2.41. The fraction of sp³-hybridized carbons (Fsp3) is 0.611. The molecule has 124 valence electrons. The largest absolute Gasteiger partial charge is 0.349 e. The number of hydrogen-bond donors (Lipinski definition) is 2. The lowest BCUT2D eigenvalue weighted by Gasteiger charge is -2.20. The molecule has 0 saturated heterocycles. The third-order valence-corrected chi connectivity index (χ3v) is 3.90. The van der Waals surface area contributed by atoms with Crippen LogP contribution < -0.4 is 11.1 Å². The highest BCUT2D eigenvalue weighted by molar-refractivity contribution is 5.85. The number of benzene rings is 1. The van der Waals surface area contributed by atoms with E-state index in [0.29, 0.717) is 18.3 Å². The first-order chi connectivity index (χ1) is 9.95. The van der Waals surface area contributed by atoms with E-state index in [1.807, 2.05) is 6.92 Å². The van der Waals surface area contributed by atoms with Crippen LogP contribution in [0.25, 0.3) is 0 Å². The second kappa shape index (κ2) is 8.54. The van der Waals surface area contributed by atoms with Gasteiger partial charge in [-0.05, 0) is 49.1 Å². The normalized spacial score (nSPS) is 16.8. The highest BCUT2D eigenvalue weighted by Gasteiger charge is 2.33. The molecule has 3 N–H and O–H groups in total. The van der Waals surface area contributed by atoms with Gasteiger partial charge in [-0.15, -0.1) is 12.4 Å². The molecule has 1 aromatic carbocycles. The van der Waals surface area contributed by atoms with Gasteiger partial charge in [0.25, 0.3) is 0 Å². The lowest BCUT2D eigenvalue weighted by molar-refractivity contribution is -0.122. The smallest absolute Gasteiger partial charge is 0.222 e. The zero-order valence-electron chi connectivity index (χ0n) is 13.8. The van der Waals surface area contributed by atoms with Crippen LogP contribution in [0.5, 0.6) is 0 Å². The number of halogens is 1. The Morgan fingerprint density at radius 1 is 1.23 bits per heavy atom. The number of rotatable bonds is 7. The van der Waals surface area contributed by atoms with Gasteiger partial charge in [-0.3, -0.25) is 4.79 Å². The van der Waals surface area contributed by atoms with Crippen LogP contribution in [0.1, 0.15) is 57.2 Å². The van der Waals surface area contributed by atoms with E-state index in [0.717, 1.165) is 6.42 Å². The number of carbonyl (C=O) groups is 1. The summed E-state index contributed by atoms with van der Waals surface area (Å²) in [6.45, 7) is 6.33. The van der Waals surface area contributed by atoms with Crippen molar-refractivity contribution in [3.8, 4) is 0 Å². The quantitative estimate of drug-likeness (QED) is 0.805. The van der Waals surface area contributed by atoms with Crippen molar-refractivity contribution in [2.75, 3.05) is 0 Å². The van der Waals surface area contributed by atoms with Crippen molar-refractivity contribution in [1.29, 1.82) is 0 Å². The minimum Gasteiger partial charge on any atom is -0.349 e. The lowest BCUT2D eigenvalue weighted by Crippen LogP contribution is -2.33. The highest BCUT2D eigenvalue weighted by atomic mass is 35.5. The summed E-state index contributed by atoms with van der Waals surface area (Å²) in [7, 11) is 0. The Hall–Kier alpha value is -1.06. The minimum atomic E-state index is -0.0849. The van der Waals surface area contributed by atoms with Gasteiger partial charge >= 0.3 is 0 Å². The third kappa shape index (κ3) is 5.98. The molecule has 2 unspecified atom stereocenters. The maximum atomic E-state index is 12.0. The fourth-order valence-corrected chi connectivity index (χ4v) is 2.76. The molecule has 1 saturated carbocycles. The number of carbonyl (C=O) groups excluding carboxylic acids is 1. The Balaban J connectivity index is 0.00000242. The van der Waals surface area contributed by atoms with Crippen LogP contribution in [0, 0.1) is 11.8 Å². The molecule has 2 rings (SSSR count). The SMILES string of the molecule is CC(C)Cc1ccc(C(NC(=O)CC(C)N)C2CC2)cc1.Cl. The molecule has 0 aromatic heterocycles. The van der Waals surface area contributed by atoms with Gasteiger partial charge in [0.05, 0.1) is 6.04 Å². The summed E-state index contributed by atoms with van der Waals surface area (Å²) in [5.74, 6) is 1.33. The molecule has 0 bridgehead atoms. The van der Waals surface area contributed by atoms with Crippen LogP contribution >= 0.6 is 12.4 Å². The molecule has 0 aliphatic heterocycles. The molecule has 3 nitrogen and oxygen atoms in total. The van der Waals surface area contributed by atoms with Crippen molar-refractivity contribution in [2.45, 2.75) is 58.5 Å². The van der Waals surface area contributed by atoms with E-state index < -0.39 is 0 Å². The second-order valence-electron chi connectivity index (χ2n) is 6.90. The van der Waals surface area contributed by atoms with E-state index in [-0.39, 0.29) is 30.4 Å². The number of nitrogens with one attached hydrogen (secondary N) is 1. The van der Waals surface area contributed by atoms with Gasteiger partial charge in [-0.2, -0.15) is 0 Å². The molecule has 1 amide bonds. The zero-order chi connectivity index (χ0) is 15.4. The van der Waals surface area contributed by atoms with Crippen LogP contribution in [0.2, 0.25) is 0 Å². The van der Waals surface area contributed by atoms with Gasteiger partial charge in [0.2, 0.25) is 5.91 Å². The first-order valence-electron chi connectivity index (χ1n) is 8.09. The fourth-order valence-electron chi connectivity index (χ4n) is 2.76. The van der Waals surface area contributed by atoms with Gasteiger partial charge in [0.15, 0.2) is 0 Å². The van der Waals surface area contributed by atoms with E-state index in [9.17, 15) is 4.79 Å². The lowest BCUT2D eigenvalue weighted by atomic mass is 9.97. The molecule has 2 atom stereocenters. The summed E-state index contributed by atoms with van der Waals surface area (Å²) in [6.07, 6.45) is 3.91. The third-order valence-electron chi connectivity index (χ3n) is 3.90. The maximum absolute atomic E-state index is 12.0. The van der Waals surface area contributed by atoms with Crippen molar-refractivity contribution in [1.82, 2.24) is 5.32 Å². The van der Waals surface area contributed by atoms with E-state index in [1.165, 1.54) is 24.0 Å². The van der Waals surface area contributed by atoms with Crippen LogP contribution in [0.4, 0.5) is 0 Å². The Kier molecular flexibility index (Phi) is 7.37. The molecular weight excluding hydrogens is 296 g/mol. The summed E-state index contributed by atoms with van der Waals surface area (Å²) in [5, 5.41) is 3.17. The number of nitrogens with two attached hydrogens (primary N) is 1. The van der Waals surface area contributed by atoms with E-state index >= 15 is 0 Å². The molecule has 0 spiro atoms. The predicted molar refractivity (Wildman–Crippen MR) is 94.1 cm³/mol. The molecular formula is C18H29ClN2O. The van der Waals surface area contributed by atoms with E-state index in [1.54, 1.807) is 0 Å². The average Bonchev–Trinajstić information content (AvgIpc) is 3.19. The van der Waals surface area contributed by atoms with Crippen LogP contribution in [-0.4, -0.2) is 11.9 Å². The Morgan fingerprint density at radius 3 is 2.27 bits per heavy atom. The Morgan fingerprint density at radius 2 is 1.82 bits per heavy atom. The van der Waals surface area contributed by atoms with Gasteiger partial charge < -0.3 is 11.1 Å². The van der Waals surface area contributed by atoms with Crippen molar-refractivity contribution >= 4 is 18.3 Å². The molecule has 22 heavy (non-hydrogen) atoms. The van der Waals surface area contributed by atoms with Crippen molar-refractivity contribution in [2.24, 2.45) is 17.6 Å². The number of amides is 1. The van der Waals surface area contributed by atoms with Crippen LogP contribution in [0.15, 0.2) is 24.3 Å². The first-order valence-corrected chi connectivity index (χ1v) is 8.09. The summed E-state index contributed by atoms with van der Waals surface area (Å²) < 4.78 is 0. The Bertz CT molecular complexity index is 466. The monoisotopic (exact) mass is 324 g/mol. The van der Waals surface area contributed by atoms with Gasteiger partial charge in [-0.1, -0.05) is 38.1 Å². The standard InChI is InChI=1S/C18H28N2O.ClH/c1-12(2)10-14-4-6-15(7-5-14)18(16-8-9-16)20-17(21)11-13(3)19;/h4-7,12-13,16,18H,8-11,19H2,1-3H3,(H,20,21);1H. The van der Waals surface area contributed by atoms with Gasteiger partial charge in [0.1, 0.15) is 0 Å². The summed E-state index contributed by atoms with van der Waals surface area (Å²) in [6, 6.07) is 8.81.